The van der Waals surface area contributed by atoms with Crippen LogP contribution in [-0.2, 0) is 23.1 Å². The minimum Gasteiger partial charge on any atom is -0.465 e. The lowest BCUT2D eigenvalue weighted by Gasteiger charge is -2.05. The number of fused-ring (bicyclic) bond motifs is 1. The Bertz CT molecular complexity index is 1030. The molecule has 0 saturated carbocycles. The minimum atomic E-state index is -0.516. The highest BCUT2D eigenvalue weighted by Gasteiger charge is 2.17. The second-order valence-corrected chi connectivity index (χ2v) is 6.16. The van der Waals surface area contributed by atoms with Crippen LogP contribution in [0.1, 0.15) is 15.4 Å². The van der Waals surface area contributed by atoms with Crippen LogP contribution in [0, 0.1) is 6.92 Å². The maximum Gasteiger partial charge on any atom is 0.350 e. The number of ether oxygens (including phenoxy) is 1. The van der Waals surface area contributed by atoms with Crippen LogP contribution in [0.5, 0.6) is 0 Å². The molecule has 3 aromatic rings. The third kappa shape index (κ3) is 3.13. The Morgan fingerprint density at radius 1 is 1.40 bits per heavy atom. The summed E-state index contributed by atoms with van der Waals surface area (Å²) in [5, 5.41) is 7.12. The smallest absolute Gasteiger partial charge is 0.350 e. The third-order valence-electron chi connectivity index (χ3n) is 3.45. The van der Waals surface area contributed by atoms with Crippen molar-refractivity contribution in [3.05, 3.63) is 33.4 Å². The molecule has 0 unspecified atom stereocenters. The molecule has 0 aliphatic rings. The predicted octanol–water partition coefficient (Wildman–Crippen LogP) is 0.320. The summed E-state index contributed by atoms with van der Waals surface area (Å²) in [5.74, 6) is -0.977. The molecule has 0 fully saturated rings. The van der Waals surface area contributed by atoms with Crippen LogP contribution in [0.3, 0.4) is 0 Å². The molecule has 0 bridgehead atoms. The summed E-state index contributed by atoms with van der Waals surface area (Å²) < 4.78 is 7.31. The Morgan fingerprint density at radius 3 is 2.88 bits per heavy atom. The average Bonchev–Trinajstić information content (AvgIpc) is 3.13. The number of hydrogen-bond donors (Lipinski definition) is 1. The molecule has 130 valence electrons. The van der Waals surface area contributed by atoms with E-state index in [1.165, 1.54) is 28.9 Å². The van der Waals surface area contributed by atoms with Gasteiger partial charge in [0, 0.05) is 7.05 Å². The number of esters is 1. The van der Waals surface area contributed by atoms with Gasteiger partial charge in [-0.3, -0.25) is 18.8 Å². The van der Waals surface area contributed by atoms with Gasteiger partial charge in [-0.2, -0.15) is 5.10 Å². The van der Waals surface area contributed by atoms with Gasteiger partial charge in [-0.15, -0.1) is 0 Å². The monoisotopic (exact) mass is 362 g/mol. The lowest BCUT2D eigenvalue weighted by Crippen LogP contribution is -2.27. The first kappa shape index (κ1) is 16.8. The number of carbonyl (C=O) groups is 2. The van der Waals surface area contributed by atoms with E-state index in [0.717, 1.165) is 11.3 Å². The molecule has 1 N–H and O–H groups in total. The van der Waals surface area contributed by atoms with Gasteiger partial charge in [0.15, 0.2) is 10.8 Å². The van der Waals surface area contributed by atoms with Crippen molar-refractivity contribution < 1.29 is 14.3 Å². The molecule has 3 rings (SSSR count). The summed E-state index contributed by atoms with van der Waals surface area (Å²) >= 11 is 1.01. The fourth-order valence-electron chi connectivity index (χ4n) is 2.22. The quantitative estimate of drug-likeness (QED) is 0.663. The molecule has 11 heteroatoms. The molecule has 1 amide bonds. The molecule has 0 aromatic carbocycles. The van der Waals surface area contributed by atoms with Gasteiger partial charge < -0.3 is 10.1 Å². The Kier molecular flexibility index (Phi) is 4.31. The van der Waals surface area contributed by atoms with E-state index in [-0.39, 0.29) is 17.2 Å². The number of nitrogens with one attached hydrogen (secondary N) is 1. The molecule has 0 atom stereocenters. The zero-order chi connectivity index (χ0) is 18.1. The van der Waals surface area contributed by atoms with Crippen LogP contribution in [0.2, 0.25) is 0 Å². The molecule has 3 aromatic heterocycles. The van der Waals surface area contributed by atoms with Gasteiger partial charge >= 0.3 is 5.97 Å². The number of hydrogen-bond acceptors (Lipinski definition) is 8. The summed E-state index contributed by atoms with van der Waals surface area (Å²) in [4.78, 5) is 44.6. The number of nitrogens with zero attached hydrogens (tertiary/aromatic N) is 5. The van der Waals surface area contributed by atoms with Crippen LogP contribution >= 0.6 is 11.3 Å². The van der Waals surface area contributed by atoms with Gasteiger partial charge in [-0.05, 0) is 6.92 Å². The van der Waals surface area contributed by atoms with Gasteiger partial charge in [0.25, 0.3) is 5.56 Å². The van der Waals surface area contributed by atoms with E-state index in [1.807, 2.05) is 0 Å². The molecular weight excluding hydrogens is 348 g/mol. The number of thiazole rings is 1. The predicted molar refractivity (Wildman–Crippen MR) is 89.6 cm³/mol. The number of aromatic nitrogens is 5. The molecule has 0 radical (unpaired) electrons. The van der Waals surface area contributed by atoms with Crippen LogP contribution in [0.4, 0.5) is 5.13 Å². The van der Waals surface area contributed by atoms with Crippen LogP contribution < -0.4 is 10.9 Å². The molecule has 0 aliphatic heterocycles. The summed E-state index contributed by atoms with van der Waals surface area (Å²) in [6, 6.07) is 0. The van der Waals surface area contributed by atoms with Gasteiger partial charge in [0.1, 0.15) is 23.1 Å². The van der Waals surface area contributed by atoms with Gasteiger partial charge in [-0.1, -0.05) is 11.3 Å². The number of anilines is 1. The fourth-order valence-corrected chi connectivity index (χ4v) is 3.13. The van der Waals surface area contributed by atoms with Crippen molar-refractivity contribution in [2.45, 2.75) is 13.5 Å². The largest absolute Gasteiger partial charge is 0.465 e. The average molecular weight is 362 g/mol. The van der Waals surface area contributed by atoms with Crippen molar-refractivity contribution in [2.24, 2.45) is 7.05 Å². The number of amides is 1. The van der Waals surface area contributed by atoms with Gasteiger partial charge in [0.05, 0.1) is 19.0 Å². The van der Waals surface area contributed by atoms with E-state index in [9.17, 15) is 14.4 Å². The Labute approximate surface area is 145 Å². The number of rotatable bonds is 4. The molecule has 25 heavy (non-hydrogen) atoms. The Hall–Kier alpha value is -3.08. The molecule has 0 saturated heterocycles. The van der Waals surface area contributed by atoms with Crippen LogP contribution in [0.25, 0.3) is 11.0 Å². The standard InChI is InChI=1S/C14H14N6O4S/c1-7-10(13(23)24-3)25-14(17-7)18-9(21)5-20-6-15-11-8(12(20)22)4-16-19(11)2/h4,6H,5H2,1-3H3,(H,17,18,21). The maximum atomic E-state index is 12.3. The summed E-state index contributed by atoms with van der Waals surface area (Å²) in [6.07, 6.45) is 2.70. The van der Waals surface area contributed by atoms with Crippen molar-refractivity contribution in [3.8, 4) is 0 Å². The first-order valence-corrected chi connectivity index (χ1v) is 7.95. The lowest BCUT2D eigenvalue weighted by atomic mass is 10.4. The van der Waals surface area contributed by atoms with Crippen molar-refractivity contribution in [1.82, 2.24) is 24.3 Å². The normalized spacial score (nSPS) is 10.8. The van der Waals surface area contributed by atoms with E-state index < -0.39 is 11.9 Å². The van der Waals surface area contributed by atoms with Gasteiger partial charge in [-0.25, -0.2) is 14.8 Å². The zero-order valence-corrected chi connectivity index (χ0v) is 14.5. The number of methoxy groups -OCH3 is 1. The van der Waals surface area contributed by atoms with E-state index in [4.69, 9.17) is 0 Å². The van der Waals surface area contributed by atoms with Crippen molar-refractivity contribution >= 4 is 39.4 Å². The van der Waals surface area contributed by atoms with Crippen molar-refractivity contribution in [3.63, 3.8) is 0 Å². The molecular formula is C14H14N6O4S. The topological polar surface area (TPSA) is 121 Å². The second-order valence-electron chi connectivity index (χ2n) is 5.16. The zero-order valence-electron chi connectivity index (χ0n) is 13.6. The van der Waals surface area contributed by atoms with Gasteiger partial charge in [0.2, 0.25) is 5.91 Å². The highest BCUT2D eigenvalue weighted by atomic mass is 32.1. The lowest BCUT2D eigenvalue weighted by molar-refractivity contribution is -0.116. The highest BCUT2D eigenvalue weighted by molar-refractivity contribution is 7.17. The van der Waals surface area contributed by atoms with E-state index in [2.05, 4.69) is 25.1 Å². The minimum absolute atomic E-state index is 0.233. The van der Waals surface area contributed by atoms with E-state index in [1.54, 1.807) is 14.0 Å². The first-order valence-electron chi connectivity index (χ1n) is 7.13. The first-order chi connectivity index (χ1) is 11.9. The summed E-state index contributed by atoms with van der Waals surface area (Å²) in [7, 11) is 2.95. The van der Waals surface area contributed by atoms with Crippen LogP contribution in [-0.4, -0.2) is 43.3 Å². The Morgan fingerprint density at radius 2 is 2.16 bits per heavy atom. The maximum absolute atomic E-state index is 12.3. The summed E-state index contributed by atoms with van der Waals surface area (Å²) in [6.45, 7) is 1.41. The molecule has 10 nitrogen and oxygen atoms in total. The molecule has 0 spiro atoms. The van der Waals surface area contributed by atoms with Crippen molar-refractivity contribution in [1.29, 1.82) is 0 Å². The third-order valence-corrected chi connectivity index (χ3v) is 4.50. The van der Waals surface area contributed by atoms with E-state index in [0.29, 0.717) is 21.6 Å². The highest BCUT2D eigenvalue weighted by Crippen LogP contribution is 2.23. The van der Waals surface area contributed by atoms with Crippen molar-refractivity contribution in [2.75, 3.05) is 12.4 Å². The fraction of sp³-hybridized carbons (Fsp3) is 0.286. The Balaban J connectivity index is 1.78. The molecule has 0 aliphatic carbocycles. The van der Waals surface area contributed by atoms with Crippen LogP contribution in [0.15, 0.2) is 17.3 Å². The number of carbonyl (C=O) groups excluding carboxylic acids is 2. The number of aryl methyl sites for hydroxylation is 2. The summed E-state index contributed by atoms with van der Waals surface area (Å²) in [5.41, 5.74) is 0.543. The molecule has 3 heterocycles. The SMILES string of the molecule is COC(=O)c1sc(NC(=O)Cn2cnc3c(cnn3C)c2=O)nc1C. The second kappa shape index (κ2) is 6.43. The van der Waals surface area contributed by atoms with E-state index >= 15 is 0 Å².